The van der Waals surface area contributed by atoms with E-state index in [1.165, 1.54) is 20.1 Å². The SMILES string of the molecule is C#CC.C=C/C=C/CCC(=O)NCC(=O)NCCCCCO/C(=C/C/C=C\CO)CC(=O)OC.CC.CC(/C=C\CC1CC(=O)NS1=O)=C/C(C)F.CC/C=C(\C)Cl. The Hall–Kier alpha value is -4.25. The molecule has 0 bridgehead atoms. The molecule has 3 atom stereocenters. The number of nitrogens with one attached hydrogen (secondary N) is 3. The van der Waals surface area contributed by atoms with Gasteiger partial charge in [0.05, 0.1) is 32.1 Å². The Kier molecular flexibility index (Phi) is 47.4. The number of unbranched alkanes of at least 4 members (excludes halogenated alkanes) is 2. The highest BCUT2D eigenvalue weighted by atomic mass is 35.5. The van der Waals surface area contributed by atoms with Crippen LogP contribution in [0.5, 0.6) is 0 Å². The lowest BCUT2D eigenvalue weighted by Crippen LogP contribution is -2.37. The van der Waals surface area contributed by atoms with Gasteiger partial charge in [0.1, 0.15) is 29.3 Å². The van der Waals surface area contributed by atoms with Crippen LogP contribution in [0.1, 0.15) is 113 Å². The minimum Gasteiger partial charge on any atom is -0.498 e. The summed E-state index contributed by atoms with van der Waals surface area (Å²) in [6.07, 6.45) is 27.1. The summed E-state index contributed by atoms with van der Waals surface area (Å²) in [5.41, 5.74) is 0.832. The van der Waals surface area contributed by atoms with Crippen molar-refractivity contribution in [1.82, 2.24) is 15.4 Å². The maximum Gasteiger partial charge on any atom is 0.313 e. The van der Waals surface area contributed by atoms with Crippen LogP contribution in [0.15, 0.2) is 83.7 Å². The number of aliphatic hydroxyl groups excluding tert-OH is 1. The first kappa shape index (κ1) is 60.4. The number of ether oxygens (including phenoxy) is 2. The lowest BCUT2D eigenvalue weighted by Gasteiger charge is -2.10. The predicted molar refractivity (Wildman–Crippen MR) is 238 cm³/mol. The van der Waals surface area contributed by atoms with E-state index >= 15 is 0 Å². The van der Waals surface area contributed by atoms with Crippen LogP contribution >= 0.6 is 11.6 Å². The number of amides is 3. The number of alkyl halides is 1. The van der Waals surface area contributed by atoms with Gasteiger partial charge < -0.3 is 25.2 Å². The quantitative estimate of drug-likeness (QED) is 0.0200. The molecule has 0 aliphatic carbocycles. The highest BCUT2D eigenvalue weighted by molar-refractivity contribution is 7.84. The maximum absolute atomic E-state index is 12.6. The average Bonchev–Trinajstić information content (AvgIpc) is 3.50. The van der Waals surface area contributed by atoms with Crippen molar-refractivity contribution in [3.05, 3.63) is 83.7 Å². The fourth-order valence-electron chi connectivity index (χ4n) is 4.13. The zero-order valence-corrected chi connectivity index (χ0v) is 37.7. The van der Waals surface area contributed by atoms with Crippen molar-refractivity contribution in [3.63, 3.8) is 0 Å². The fourth-order valence-corrected chi connectivity index (χ4v) is 5.35. The number of terminal acetylenes is 1. The van der Waals surface area contributed by atoms with Crippen LogP contribution in [0.2, 0.25) is 0 Å². The zero-order chi connectivity index (χ0) is 45.0. The monoisotopic (exact) mass is 855 g/mol. The van der Waals surface area contributed by atoms with E-state index in [0.717, 1.165) is 36.3 Å². The number of rotatable bonds is 23. The Morgan fingerprint density at radius 3 is 2.31 bits per heavy atom. The summed E-state index contributed by atoms with van der Waals surface area (Å²) >= 11 is 5.44. The first-order valence-corrected chi connectivity index (χ1v) is 21.1. The van der Waals surface area contributed by atoms with Crippen molar-refractivity contribution in [2.75, 3.05) is 33.4 Å². The van der Waals surface area contributed by atoms with Crippen molar-refractivity contribution in [2.24, 2.45) is 0 Å². The van der Waals surface area contributed by atoms with Crippen molar-refractivity contribution < 1.29 is 42.4 Å². The number of allylic oxidation sites excluding steroid dienone is 11. The molecule has 3 amide bonds. The molecule has 4 N–H and O–H groups in total. The van der Waals surface area contributed by atoms with E-state index < -0.39 is 17.2 Å². The lowest BCUT2D eigenvalue weighted by atomic mass is 10.1. The minimum absolute atomic E-state index is 0.0282. The van der Waals surface area contributed by atoms with E-state index in [1.54, 1.807) is 43.4 Å². The standard InChI is InChI=1S/C23H36N2O6.C11H16FNO2S.C5H9Cl.C3H4.C2H6/c1-3-4-5-9-14-21(27)25-19-22(28)24-15-10-7-12-17-31-20(18-23(29)30-2)13-8-6-11-16-26;1-8(6-9(2)12)4-3-5-10-7-11(14)13-16(10)15;1-3-4-5(2)6;1-3-2;1-2/h3-6,11,13,26H,1,7-10,12,14-19H2,2H3,(H,24,28)(H,25,27);3-4,6,9-10H,5,7H2,1-2H3,(H,13,14);4H,3H2,1-2H3;1H,2H3;1-2H3/b5-4+,11-6-,20-13+;4-3-,8-6-;5-4+;;. The van der Waals surface area contributed by atoms with Gasteiger partial charge in [0, 0.05) is 24.4 Å². The number of hydrogen-bond donors (Lipinski definition) is 4. The molecule has 1 heterocycles. The van der Waals surface area contributed by atoms with Crippen LogP contribution in [0.3, 0.4) is 0 Å². The zero-order valence-electron chi connectivity index (χ0n) is 36.1. The molecule has 0 aromatic heterocycles. The summed E-state index contributed by atoms with van der Waals surface area (Å²) < 4.78 is 36.6. The first-order chi connectivity index (χ1) is 27.7. The van der Waals surface area contributed by atoms with Gasteiger partial charge in [-0.25, -0.2) is 8.60 Å². The molecule has 330 valence electrons. The highest BCUT2D eigenvalue weighted by Crippen LogP contribution is 2.14. The van der Waals surface area contributed by atoms with Gasteiger partial charge in [-0.15, -0.1) is 12.3 Å². The third-order valence-electron chi connectivity index (χ3n) is 6.67. The van der Waals surface area contributed by atoms with Crippen molar-refractivity contribution >= 4 is 46.3 Å². The molecule has 1 rings (SSSR count). The third kappa shape index (κ3) is 46.1. The summed E-state index contributed by atoms with van der Waals surface area (Å²) in [6, 6.07) is 0. The molecule has 1 saturated heterocycles. The van der Waals surface area contributed by atoms with E-state index in [2.05, 4.69) is 45.9 Å². The minimum atomic E-state index is -1.26. The van der Waals surface area contributed by atoms with Crippen LogP contribution in [0.25, 0.3) is 0 Å². The number of esters is 1. The normalized spacial score (nSPS) is 15.5. The Balaban J connectivity index is -0.000000443. The van der Waals surface area contributed by atoms with Crippen molar-refractivity contribution in [2.45, 2.75) is 124 Å². The van der Waals surface area contributed by atoms with Gasteiger partial charge in [0.2, 0.25) is 17.7 Å². The molecule has 3 unspecified atom stereocenters. The molecule has 0 radical (unpaired) electrons. The maximum atomic E-state index is 12.6. The topological polar surface area (TPSA) is 160 Å². The number of hydrogen-bond acceptors (Lipinski definition) is 8. The lowest BCUT2D eigenvalue weighted by molar-refractivity contribution is -0.140. The second-order valence-corrected chi connectivity index (χ2v) is 14.0. The van der Waals surface area contributed by atoms with E-state index in [0.29, 0.717) is 51.0 Å². The van der Waals surface area contributed by atoms with E-state index in [-0.39, 0.29) is 48.5 Å². The van der Waals surface area contributed by atoms with Crippen LogP contribution in [0, 0.1) is 12.3 Å². The van der Waals surface area contributed by atoms with Crippen LogP contribution in [-0.4, -0.2) is 77.8 Å². The van der Waals surface area contributed by atoms with Crippen molar-refractivity contribution in [1.29, 1.82) is 0 Å². The molecule has 58 heavy (non-hydrogen) atoms. The summed E-state index contributed by atoms with van der Waals surface area (Å²) in [4.78, 5) is 45.7. The molecule has 0 saturated carbocycles. The largest absolute Gasteiger partial charge is 0.498 e. The Labute approximate surface area is 356 Å². The second-order valence-electron chi connectivity index (χ2n) is 11.9. The van der Waals surface area contributed by atoms with Gasteiger partial charge in [0.15, 0.2) is 0 Å². The molecule has 0 aromatic rings. The summed E-state index contributed by atoms with van der Waals surface area (Å²) in [7, 11) is 0.0660. The van der Waals surface area contributed by atoms with Crippen LogP contribution < -0.4 is 15.4 Å². The summed E-state index contributed by atoms with van der Waals surface area (Å²) in [5, 5.41) is 14.8. The Bertz CT molecular complexity index is 1380. The van der Waals surface area contributed by atoms with E-state index in [1.807, 2.05) is 45.9 Å². The molecule has 0 aromatic carbocycles. The molecule has 1 aliphatic heterocycles. The molecule has 1 aliphatic rings. The number of aliphatic hydroxyl groups is 1. The summed E-state index contributed by atoms with van der Waals surface area (Å²) in [6.45, 7) is 17.3. The molecule has 11 nitrogen and oxygen atoms in total. The van der Waals surface area contributed by atoms with Crippen LogP contribution in [0.4, 0.5) is 4.39 Å². The fraction of sp³-hybridized carbons (Fsp3) is 0.545. The third-order valence-corrected chi connectivity index (χ3v) is 8.22. The molecular formula is C44H71ClFN3O8S. The smallest absolute Gasteiger partial charge is 0.313 e. The number of carbonyl (C=O) groups excluding carboxylic acids is 4. The first-order valence-electron chi connectivity index (χ1n) is 19.5. The average molecular weight is 857 g/mol. The van der Waals surface area contributed by atoms with Gasteiger partial charge in [-0.1, -0.05) is 93.1 Å². The van der Waals surface area contributed by atoms with Crippen molar-refractivity contribution in [3.8, 4) is 12.3 Å². The number of carbonyl (C=O) groups is 4. The molecule has 1 fully saturated rings. The second kappa shape index (κ2) is 45.5. The van der Waals surface area contributed by atoms with E-state index in [9.17, 15) is 27.8 Å². The molecule has 14 heteroatoms. The number of halogens is 2. The highest BCUT2D eigenvalue weighted by Gasteiger charge is 2.27. The Morgan fingerprint density at radius 2 is 1.79 bits per heavy atom. The number of methoxy groups -OCH3 is 1. The summed E-state index contributed by atoms with van der Waals surface area (Å²) in [5.74, 6) is 1.87. The van der Waals surface area contributed by atoms with Gasteiger partial charge in [-0.2, -0.15) is 0 Å². The van der Waals surface area contributed by atoms with Gasteiger partial charge in [0.25, 0.3) is 0 Å². The molecule has 0 spiro atoms. The van der Waals surface area contributed by atoms with Gasteiger partial charge >= 0.3 is 5.97 Å². The van der Waals surface area contributed by atoms with Crippen LogP contribution in [-0.2, 0) is 39.6 Å². The molecular weight excluding hydrogens is 785 g/mol. The predicted octanol–water partition coefficient (Wildman–Crippen LogP) is 8.31. The van der Waals surface area contributed by atoms with E-state index in [4.69, 9.17) is 21.4 Å². The Morgan fingerprint density at radius 1 is 1.12 bits per heavy atom. The van der Waals surface area contributed by atoms with Gasteiger partial charge in [-0.05, 0) is 84.8 Å². The van der Waals surface area contributed by atoms with Gasteiger partial charge in [-0.3, -0.25) is 23.9 Å².